The van der Waals surface area contributed by atoms with Crippen LogP contribution in [0.5, 0.6) is 0 Å². The Morgan fingerprint density at radius 3 is 3.04 bits per heavy atom. The van der Waals surface area contributed by atoms with Crippen LogP contribution < -0.4 is 0 Å². The minimum absolute atomic E-state index is 0.396. The van der Waals surface area contributed by atoms with Crippen molar-refractivity contribution in [2.24, 2.45) is 0 Å². The second kappa shape index (κ2) is 5.13. The van der Waals surface area contributed by atoms with Gasteiger partial charge in [-0.1, -0.05) is 6.92 Å². The summed E-state index contributed by atoms with van der Waals surface area (Å²) < 4.78 is 1.72. The number of hydrogen-bond donors (Lipinski definition) is 1. The molecule has 7 heteroatoms. The molecule has 1 N–H and O–H groups in total. The molecule has 6 nitrogen and oxygen atoms in total. The zero-order valence-corrected chi connectivity index (χ0v) is 13.7. The largest absolute Gasteiger partial charge is 0.478 e. The number of aromatic nitrogens is 4. The van der Waals surface area contributed by atoms with Gasteiger partial charge in [0.2, 0.25) is 0 Å². The fourth-order valence-electron chi connectivity index (χ4n) is 3.32. The van der Waals surface area contributed by atoms with Crippen LogP contribution in [0.3, 0.4) is 0 Å². The summed E-state index contributed by atoms with van der Waals surface area (Å²) in [5, 5.41) is 14.2. The highest BCUT2D eigenvalue weighted by Gasteiger charge is 2.25. The van der Waals surface area contributed by atoms with E-state index in [9.17, 15) is 4.79 Å². The van der Waals surface area contributed by atoms with Gasteiger partial charge in [-0.15, -0.1) is 16.4 Å². The van der Waals surface area contributed by atoms with Crippen molar-refractivity contribution >= 4 is 39.2 Å². The standard InChI is InChI=1S/C16H16N4O2S/c1-8-4-3-5-10-13(8)14-15-18-11(6-7-12(21)22)19-20(15)9(2)17-16(14)23-10/h6-8H,3-5H2,1-2H3,(H,21,22)/b7-6-/t8-/m1/s1. The minimum Gasteiger partial charge on any atom is -0.478 e. The third kappa shape index (κ3) is 2.23. The van der Waals surface area contributed by atoms with E-state index in [0.717, 1.165) is 34.2 Å². The summed E-state index contributed by atoms with van der Waals surface area (Å²) in [5.41, 5.74) is 2.14. The Hall–Kier alpha value is -2.28. The van der Waals surface area contributed by atoms with Gasteiger partial charge in [0, 0.05) is 11.0 Å². The van der Waals surface area contributed by atoms with Gasteiger partial charge in [0.1, 0.15) is 10.7 Å². The van der Waals surface area contributed by atoms with E-state index in [1.807, 2.05) is 6.92 Å². The lowest BCUT2D eigenvalue weighted by Gasteiger charge is -2.18. The van der Waals surface area contributed by atoms with E-state index in [-0.39, 0.29) is 0 Å². The third-order valence-electron chi connectivity index (χ3n) is 4.33. The van der Waals surface area contributed by atoms with Crippen molar-refractivity contribution in [3.05, 3.63) is 28.2 Å². The zero-order valence-electron chi connectivity index (χ0n) is 12.9. The molecule has 3 aromatic heterocycles. The second-order valence-corrected chi connectivity index (χ2v) is 7.03. The Bertz CT molecular complexity index is 970. The molecule has 0 spiro atoms. The number of carbonyl (C=O) groups is 1. The Morgan fingerprint density at radius 2 is 2.26 bits per heavy atom. The number of nitrogens with zero attached hydrogens (tertiary/aromatic N) is 4. The molecular formula is C16H16N4O2S. The highest BCUT2D eigenvalue weighted by atomic mass is 32.1. The minimum atomic E-state index is -1.01. The van der Waals surface area contributed by atoms with E-state index in [1.54, 1.807) is 15.9 Å². The summed E-state index contributed by atoms with van der Waals surface area (Å²) >= 11 is 1.76. The normalized spacial score (nSPS) is 18.1. The summed E-state index contributed by atoms with van der Waals surface area (Å²) in [4.78, 5) is 22.4. The van der Waals surface area contributed by atoms with E-state index >= 15 is 0 Å². The van der Waals surface area contributed by atoms with Crippen LogP contribution in [-0.2, 0) is 11.2 Å². The van der Waals surface area contributed by atoms with Crippen molar-refractivity contribution in [1.29, 1.82) is 0 Å². The van der Waals surface area contributed by atoms with Crippen LogP contribution in [0.2, 0.25) is 0 Å². The molecule has 1 atom stereocenters. The van der Waals surface area contributed by atoms with E-state index in [1.165, 1.54) is 29.4 Å². The number of carboxylic acids is 1. The molecule has 118 valence electrons. The van der Waals surface area contributed by atoms with Crippen LogP contribution in [-0.4, -0.2) is 30.7 Å². The molecule has 1 aliphatic carbocycles. The number of aliphatic carboxylic acids is 1. The first kappa shape index (κ1) is 14.3. The molecule has 0 saturated carbocycles. The van der Waals surface area contributed by atoms with Crippen molar-refractivity contribution in [3.63, 3.8) is 0 Å². The molecule has 0 fully saturated rings. The van der Waals surface area contributed by atoms with Crippen molar-refractivity contribution in [1.82, 2.24) is 19.6 Å². The summed E-state index contributed by atoms with van der Waals surface area (Å²) in [6.45, 7) is 4.15. The molecule has 4 rings (SSSR count). The maximum Gasteiger partial charge on any atom is 0.328 e. The summed E-state index contributed by atoms with van der Waals surface area (Å²) in [6.07, 6.45) is 5.98. The van der Waals surface area contributed by atoms with Crippen LogP contribution in [0.25, 0.3) is 21.9 Å². The molecule has 3 aromatic rings. The molecule has 23 heavy (non-hydrogen) atoms. The van der Waals surface area contributed by atoms with Gasteiger partial charge in [-0.3, -0.25) is 0 Å². The number of carboxylic acid groups (broad SMARTS) is 1. The van der Waals surface area contributed by atoms with Gasteiger partial charge >= 0.3 is 5.97 Å². The van der Waals surface area contributed by atoms with Crippen molar-refractivity contribution in [2.45, 2.75) is 39.0 Å². The number of fused-ring (bicyclic) bond motifs is 5. The van der Waals surface area contributed by atoms with E-state index < -0.39 is 5.97 Å². The first-order valence-corrected chi connectivity index (χ1v) is 8.46. The van der Waals surface area contributed by atoms with Gasteiger partial charge in [0.25, 0.3) is 0 Å². The molecular weight excluding hydrogens is 312 g/mol. The maximum atomic E-state index is 10.7. The molecule has 3 heterocycles. The van der Waals surface area contributed by atoms with Gasteiger partial charge in [0.15, 0.2) is 11.5 Å². The van der Waals surface area contributed by atoms with Gasteiger partial charge in [-0.05, 0) is 43.7 Å². The summed E-state index contributed by atoms with van der Waals surface area (Å²) in [6, 6.07) is 0. The number of aryl methyl sites for hydroxylation is 2. The van der Waals surface area contributed by atoms with Gasteiger partial charge < -0.3 is 5.11 Å². The Kier molecular flexibility index (Phi) is 3.19. The van der Waals surface area contributed by atoms with Crippen molar-refractivity contribution < 1.29 is 9.90 Å². The predicted octanol–water partition coefficient (Wildman–Crippen LogP) is 3.19. The number of hydrogen-bond acceptors (Lipinski definition) is 5. The molecule has 1 aliphatic rings. The monoisotopic (exact) mass is 328 g/mol. The lowest BCUT2D eigenvalue weighted by atomic mass is 9.87. The summed E-state index contributed by atoms with van der Waals surface area (Å²) in [7, 11) is 0. The fourth-order valence-corrected chi connectivity index (χ4v) is 4.69. The predicted molar refractivity (Wildman–Crippen MR) is 88.9 cm³/mol. The first-order valence-electron chi connectivity index (χ1n) is 7.64. The molecule has 0 aromatic carbocycles. The van der Waals surface area contributed by atoms with Crippen LogP contribution in [0, 0.1) is 6.92 Å². The Morgan fingerprint density at radius 1 is 1.43 bits per heavy atom. The Balaban J connectivity index is 2.03. The lowest BCUT2D eigenvalue weighted by molar-refractivity contribution is -0.131. The molecule has 0 aliphatic heterocycles. The van der Waals surface area contributed by atoms with Crippen LogP contribution in [0.15, 0.2) is 6.08 Å². The maximum absolute atomic E-state index is 10.7. The van der Waals surface area contributed by atoms with Gasteiger partial charge in [-0.2, -0.15) is 4.52 Å². The molecule has 0 bridgehead atoms. The van der Waals surface area contributed by atoms with E-state index in [2.05, 4.69) is 17.0 Å². The Labute approximate surface area is 136 Å². The van der Waals surface area contributed by atoms with Crippen molar-refractivity contribution in [3.8, 4) is 0 Å². The molecule has 0 saturated heterocycles. The summed E-state index contributed by atoms with van der Waals surface area (Å²) in [5.74, 6) is 0.648. The number of rotatable bonds is 2. The smallest absolute Gasteiger partial charge is 0.328 e. The molecule has 0 unspecified atom stereocenters. The lowest BCUT2D eigenvalue weighted by Crippen LogP contribution is -2.05. The average molecular weight is 328 g/mol. The van der Waals surface area contributed by atoms with Crippen LogP contribution >= 0.6 is 11.3 Å². The van der Waals surface area contributed by atoms with Crippen molar-refractivity contribution in [2.75, 3.05) is 0 Å². The second-order valence-electron chi connectivity index (χ2n) is 5.95. The van der Waals surface area contributed by atoms with E-state index in [4.69, 9.17) is 10.1 Å². The SMILES string of the molecule is Cc1nc2sc3c(c2c2nc(/C=C\C(=O)O)nn12)[C@H](C)CCC3. The van der Waals surface area contributed by atoms with Gasteiger partial charge in [-0.25, -0.2) is 14.8 Å². The number of thiophene rings is 1. The van der Waals surface area contributed by atoms with Crippen LogP contribution in [0.1, 0.15) is 47.8 Å². The fraction of sp³-hybridized carbons (Fsp3) is 0.375. The first-order chi connectivity index (χ1) is 11.0. The topological polar surface area (TPSA) is 80.4 Å². The van der Waals surface area contributed by atoms with E-state index in [0.29, 0.717) is 11.7 Å². The molecule has 0 radical (unpaired) electrons. The van der Waals surface area contributed by atoms with Gasteiger partial charge in [0.05, 0.1) is 5.39 Å². The highest BCUT2D eigenvalue weighted by molar-refractivity contribution is 7.19. The zero-order chi connectivity index (χ0) is 16.1. The quantitative estimate of drug-likeness (QED) is 0.731. The molecule has 0 amide bonds. The highest BCUT2D eigenvalue weighted by Crippen LogP contribution is 2.42. The average Bonchev–Trinajstić information content (AvgIpc) is 3.06. The van der Waals surface area contributed by atoms with Crippen LogP contribution in [0.4, 0.5) is 0 Å². The third-order valence-corrected chi connectivity index (χ3v) is 5.49.